The zero-order valence-corrected chi connectivity index (χ0v) is 9.46. The highest BCUT2D eigenvalue weighted by molar-refractivity contribution is 5.03. The van der Waals surface area contributed by atoms with Crippen LogP contribution in [0.15, 0.2) is 21.9 Å². The third-order valence-electron chi connectivity index (χ3n) is 2.92. The van der Waals surface area contributed by atoms with Crippen molar-refractivity contribution < 1.29 is 19.7 Å². The molecule has 3 heterocycles. The lowest BCUT2D eigenvalue weighted by atomic mass is 10.0. The van der Waals surface area contributed by atoms with E-state index in [1.807, 2.05) is 4.98 Å². The minimum atomic E-state index is -0.801. The number of H-pyrrole nitrogens is 2. The van der Waals surface area contributed by atoms with Crippen LogP contribution in [-0.2, 0) is 9.47 Å². The molecular weight excluding hydrogens is 244 g/mol. The molecule has 0 saturated carbocycles. The normalized spacial score (nSPS) is 33.0. The highest BCUT2D eigenvalue weighted by Gasteiger charge is 2.55. The molecule has 1 aromatic rings. The van der Waals surface area contributed by atoms with Gasteiger partial charge in [-0.15, -0.1) is 0 Å². The molecule has 4 N–H and O–H groups in total. The molecule has 3 rings (SSSR count). The molecule has 0 spiro atoms. The van der Waals surface area contributed by atoms with Crippen molar-refractivity contribution in [1.29, 1.82) is 0 Å². The van der Waals surface area contributed by atoms with Gasteiger partial charge < -0.3 is 24.7 Å². The standard InChI is InChI=1S/C6H10O4.C4H4N2O2/c7-2-6-3-9-4(1-10-6)5(6)8;7-3-1-2-5-4(8)6-3/h4-5,7-8H,1-3H2;1-2H,(H2,5,6,7,8)/t4-,5+,6+;/m1./s1. The zero-order valence-electron chi connectivity index (χ0n) is 9.46. The first kappa shape index (κ1) is 13.0. The summed E-state index contributed by atoms with van der Waals surface area (Å²) in [5, 5.41) is 18.2. The van der Waals surface area contributed by atoms with Crippen molar-refractivity contribution in [2.75, 3.05) is 19.8 Å². The molecule has 0 radical (unpaired) electrons. The maximum absolute atomic E-state index is 10.2. The summed E-state index contributed by atoms with van der Waals surface area (Å²) in [6.45, 7) is 0.557. The van der Waals surface area contributed by atoms with E-state index in [-0.39, 0.29) is 18.3 Å². The van der Waals surface area contributed by atoms with E-state index in [4.69, 9.17) is 14.6 Å². The number of aliphatic hydroxyl groups excluding tert-OH is 2. The highest BCUT2D eigenvalue weighted by Crippen LogP contribution is 2.34. The van der Waals surface area contributed by atoms with Gasteiger partial charge in [0.05, 0.1) is 19.8 Å². The van der Waals surface area contributed by atoms with Crippen molar-refractivity contribution in [1.82, 2.24) is 9.97 Å². The Balaban J connectivity index is 0.000000138. The molecule has 2 fully saturated rings. The van der Waals surface area contributed by atoms with Gasteiger partial charge in [0.25, 0.3) is 5.56 Å². The molecule has 0 aromatic carbocycles. The number of fused-ring (bicyclic) bond motifs is 2. The number of rotatable bonds is 1. The van der Waals surface area contributed by atoms with E-state index in [1.165, 1.54) is 12.3 Å². The van der Waals surface area contributed by atoms with Crippen molar-refractivity contribution in [3.8, 4) is 0 Å². The van der Waals surface area contributed by atoms with Crippen molar-refractivity contribution in [3.05, 3.63) is 33.1 Å². The molecule has 0 unspecified atom stereocenters. The van der Waals surface area contributed by atoms with Gasteiger partial charge in [-0.3, -0.25) is 9.78 Å². The van der Waals surface area contributed by atoms with E-state index >= 15 is 0 Å². The molecule has 2 bridgehead atoms. The van der Waals surface area contributed by atoms with Gasteiger partial charge >= 0.3 is 5.69 Å². The lowest BCUT2D eigenvalue weighted by Gasteiger charge is -2.23. The van der Waals surface area contributed by atoms with Gasteiger partial charge in [-0.1, -0.05) is 0 Å². The van der Waals surface area contributed by atoms with Gasteiger partial charge in [0.15, 0.2) is 0 Å². The minimum Gasteiger partial charge on any atom is -0.393 e. The van der Waals surface area contributed by atoms with Crippen LogP contribution in [0.2, 0.25) is 0 Å². The second kappa shape index (κ2) is 5.02. The Hall–Kier alpha value is -1.48. The predicted molar refractivity (Wildman–Crippen MR) is 59.2 cm³/mol. The molecule has 2 aliphatic heterocycles. The minimum absolute atomic E-state index is 0.162. The van der Waals surface area contributed by atoms with E-state index in [2.05, 4.69) is 4.98 Å². The smallest absolute Gasteiger partial charge is 0.325 e. The van der Waals surface area contributed by atoms with Gasteiger partial charge in [-0.2, -0.15) is 0 Å². The number of aromatic amines is 2. The molecule has 2 saturated heterocycles. The Labute approximate surface area is 101 Å². The first-order valence-electron chi connectivity index (χ1n) is 5.40. The third kappa shape index (κ3) is 2.36. The van der Waals surface area contributed by atoms with Crippen molar-refractivity contribution in [3.63, 3.8) is 0 Å². The van der Waals surface area contributed by atoms with E-state index in [9.17, 15) is 14.7 Å². The molecule has 3 atom stereocenters. The average molecular weight is 258 g/mol. The zero-order chi connectivity index (χ0) is 13.2. The van der Waals surface area contributed by atoms with Crippen LogP contribution in [0, 0.1) is 0 Å². The molecule has 1 aromatic heterocycles. The Bertz CT molecular complexity index is 476. The number of aliphatic hydroxyl groups is 2. The van der Waals surface area contributed by atoms with Crippen molar-refractivity contribution in [2.45, 2.75) is 17.8 Å². The van der Waals surface area contributed by atoms with Crippen LogP contribution >= 0.6 is 0 Å². The average Bonchev–Trinajstić information content (AvgIpc) is 2.84. The number of ether oxygens (including phenoxy) is 2. The summed E-state index contributed by atoms with van der Waals surface area (Å²) < 4.78 is 10.3. The lowest BCUT2D eigenvalue weighted by Crippen LogP contribution is -2.43. The van der Waals surface area contributed by atoms with Crippen LogP contribution in [0.3, 0.4) is 0 Å². The van der Waals surface area contributed by atoms with Crippen LogP contribution in [0.4, 0.5) is 0 Å². The quantitative estimate of drug-likeness (QED) is 0.444. The number of aromatic nitrogens is 2. The molecule has 8 heteroatoms. The van der Waals surface area contributed by atoms with Crippen LogP contribution in [0.1, 0.15) is 0 Å². The van der Waals surface area contributed by atoms with E-state index in [1.54, 1.807) is 0 Å². The van der Waals surface area contributed by atoms with Gasteiger partial charge in [0.1, 0.15) is 17.8 Å². The third-order valence-corrected chi connectivity index (χ3v) is 2.92. The van der Waals surface area contributed by atoms with Gasteiger partial charge in [0.2, 0.25) is 0 Å². The number of nitrogens with one attached hydrogen (secondary N) is 2. The first-order valence-corrected chi connectivity index (χ1v) is 5.40. The van der Waals surface area contributed by atoms with Crippen LogP contribution in [0.5, 0.6) is 0 Å². The Morgan fingerprint density at radius 1 is 1.50 bits per heavy atom. The summed E-state index contributed by atoms with van der Waals surface area (Å²) in [6.07, 6.45) is 0.436. The van der Waals surface area contributed by atoms with E-state index in [0.717, 1.165) is 0 Å². The van der Waals surface area contributed by atoms with Gasteiger partial charge in [-0.05, 0) is 0 Å². The first-order chi connectivity index (χ1) is 8.57. The van der Waals surface area contributed by atoms with Crippen molar-refractivity contribution in [2.24, 2.45) is 0 Å². The molecule has 0 amide bonds. The summed E-state index contributed by atoms with van der Waals surface area (Å²) in [5.41, 5.74) is -1.66. The summed E-state index contributed by atoms with van der Waals surface area (Å²) >= 11 is 0. The summed E-state index contributed by atoms with van der Waals surface area (Å²) in [7, 11) is 0. The largest absolute Gasteiger partial charge is 0.393 e. The molecule has 2 aliphatic rings. The SMILES string of the molecule is O=c1cc[nH]c(=O)[nH]1.OC[C@@]12CO[C@H](CO1)[C@@H]2O. The van der Waals surface area contributed by atoms with E-state index in [0.29, 0.717) is 13.2 Å². The molecule has 100 valence electrons. The predicted octanol–water partition coefficient (Wildman–Crippen LogP) is -2.43. The van der Waals surface area contributed by atoms with E-state index < -0.39 is 17.4 Å². The van der Waals surface area contributed by atoms with Gasteiger partial charge in [-0.25, -0.2) is 4.79 Å². The molecule has 8 nitrogen and oxygen atoms in total. The second-order valence-electron chi connectivity index (χ2n) is 4.12. The fourth-order valence-corrected chi connectivity index (χ4v) is 1.85. The highest BCUT2D eigenvalue weighted by atomic mass is 16.6. The maximum Gasteiger partial charge on any atom is 0.325 e. The summed E-state index contributed by atoms with van der Waals surface area (Å²) in [5.74, 6) is 0. The summed E-state index contributed by atoms with van der Waals surface area (Å²) in [6, 6.07) is 1.24. The Morgan fingerprint density at radius 2 is 2.28 bits per heavy atom. The monoisotopic (exact) mass is 258 g/mol. The topological polar surface area (TPSA) is 125 Å². The molecular formula is C10H14N2O6. The lowest BCUT2D eigenvalue weighted by molar-refractivity contribution is -0.122. The van der Waals surface area contributed by atoms with Gasteiger partial charge in [0, 0.05) is 12.3 Å². The second-order valence-corrected chi connectivity index (χ2v) is 4.12. The number of hydrogen-bond donors (Lipinski definition) is 4. The molecule has 18 heavy (non-hydrogen) atoms. The summed E-state index contributed by atoms with van der Waals surface area (Å²) in [4.78, 5) is 24.7. The van der Waals surface area contributed by atoms with Crippen molar-refractivity contribution >= 4 is 0 Å². The maximum atomic E-state index is 10.2. The number of hydrogen-bond acceptors (Lipinski definition) is 6. The van der Waals surface area contributed by atoms with Crippen LogP contribution in [-0.4, -0.2) is 57.8 Å². The Morgan fingerprint density at radius 3 is 2.56 bits per heavy atom. The van der Waals surface area contributed by atoms with Crippen LogP contribution < -0.4 is 11.2 Å². The van der Waals surface area contributed by atoms with Crippen LogP contribution in [0.25, 0.3) is 0 Å². The molecule has 0 aliphatic carbocycles. The fourth-order valence-electron chi connectivity index (χ4n) is 1.85. The fraction of sp³-hybridized carbons (Fsp3) is 0.600. The Kier molecular flexibility index (Phi) is 3.62.